The summed E-state index contributed by atoms with van der Waals surface area (Å²) in [6.45, 7) is 1.84. The van der Waals surface area contributed by atoms with Crippen LogP contribution in [-0.4, -0.2) is 4.92 Å². The van der Waals surface area contributed by atoms with Crippen LogP contribution in [0.3, 0.4) is 0 Å². The van der Waals surface area contributed by atoms with Crippen molar-refractivity contribution >= 4 is 5.69 Å². The van der Waals surface area contributed by atoms with Gasteiger partial charge in [-0.1, -0.05) is 13.0 Å². The molecule has 0 saturated heterocycles. The maximum atomic E-state index is 10.1. The number of hydrogen-bond acceptors (Lipinski definition) is 2. The Morgan fingerprint density at radius 1 is 1.55 bits per heavy atom. The van der Waals surface area contributed by atoms with E-state index >= 15 is 0 Å². The van der Waals surface area contributed by atoms with Crippen molar-refractivity contribution in [2.75, 3.05) is 0 Å². The number of aryl methyl sites for hydroxylation is 1. The van der Waals surface area contributed by atoms with Crippen LogP contribution in [0.1, 0.15) is 5.56 Å². The third kappa shape index (κ3) is 2.68. The van der Waals surface area contributed by atoms with Crippen LogP contribution >= 0.6 is 0 Å². The Bertz CT molecular complexity index is 245. The second kappa shape index (κ2) is 4.09. The predicted octanol–water partition coefficient (Wildman–Crippen LogP) is 1.70. The van der Waals surface area contributed by atoms with Gasteiger partial charge in [-0.3, -0.25) is 10.1 Å². The van der Waals surface area contributed by atoms with E-state index in [0.29, 0.717) is 0 Å². The molecule has 0 N–H and O–H groups in total. The summed E-state index contributed by atoms with van der Waals surface area (Å²) < 4.78 is 0. The van der Waals surface area contributed by atoms with Crippen LogP contribution in [0.15, 0.2) is 18.2 Å². The molecule has 0 aromatic heterocycles. The summed E-state index contributed by atoms with van der Waals surface area (Å²) >= 11 is 0. The van der Waals surface area contributed by atoms with Gasteiger partial charge in [0.05, 0.1) is 0 Å². The molecule has 1 rings (SSSR count). The Morgan fingerprint density at radius 3 is 2.55 bits per heavy atom. The molecule has 3 nitrogen and oxygen atoms in total. The SMILES string of the molecule is Cc1[c-]cc([N+](=O)[O-])cc1.[Ni]. The Morgan fingerprint density at radius 2 is 2.18 bits per heavy atom. The number of benzene rings is 1. The third-order valence-corrected chi connectivity index (χ3v) is 1.16. The zero-order chi connectivity index (χ0) is 7.56. The molecule has 0 unspecified atom stereocenters. The average molecular weight is 195 g/mol. The van der Waals surface area contributed by atoms with E-state index in [9.17, 15) is 10.1 Å². The van der Waals surface area contributed by atoms with Crippen molar-refractivity contribution in [2.24, 2.45) is 0 Å². The van der Waals surface area contributed by atoms with Gasteiger partial charge in [-0.2, -0.15) is 17.7 Å². The molecule has 0 atom stereocenters. The van der Waals surface area contributed by atoms with E-state index in [4.69, 9.17) is 0 Å². The molecule has 0 aliphatic carbocycles. The van der Waals surface area contributed by atoms with Crippen molar-refractivity contribution in [1.29, 1.82) is 0 Å². The Hall–Kier alpha value is -0.886. The minimum Gasteiger partial charge on any atom is -0.270 e. The van der Waals surface area contributed by atoms with Gasteiger partial charge in [0.2, 0.25) is 0 Å². The van der Waals surface area contributed by atoms with Crippen molar-refractivity contribution < 1.29 is 21.4 Å². The maximum absolute atomic E-state index is 10.1. The van der Waals surface area contributed by atoms with E-state index in [2.05, 4.69) is 6.07 Å². The largest absolute Gasteiger partial charge is 0.270 e. The topological polar surface area (TPSA) is 43.1 Å². The number of hydrogen-bond donors (Lipinski definition) is 0. The minimum atomic E-state index is -0.435. The molecule has 0 fully saturated rings. The molecule has 11 heavy (non-hydrogen) atoms. The average Bonchev–Trinajstić information content (AvgIpc) is 1.88. The summed E-state index contributed by atoms with van der Waals surface area (Å²) in [5, 5.41) is 10.1. The Labute approximate surface area is 74.5 Å². The van der Waals surface area contributed by atoms with Crippen LogP contribution in [0, 0.1) is 23.1 Å². The number of nitro benzene ring substituents is 1. The van der Waals surface area contributed by atoms with E-state index < -0.39 is 4.92 Å². The summed E-state index contributed by atoms with van der Waals surface area (Å²) in [5.74, 6) is 0. The van der Waals surface area contributed by atoms with Gasteiger partial charge < -0.3 is 0 Å². The first-order valence-corrected chi connectivity index (χ1v) is 2.83. The van der Waals surface area contributed by atoms with E-state index in [1.54, 1.807) is 6.07 Å². The minimum absolute atomic E-state index is 0. The molecular weight excluding hydrogens is 189 g/mol. The molecule has 4 heteroatoms. The summed E-state index contributed by atoms with van der Waals surface area (Å²) in [4.78, 5) is 9.66. The van der Waals surface area contributed by atoms with E-state index in [1.807, 2.05) is 6.92 Å². The molecule has 62 valence electrons. The summed E-state index contributed by atoms with van der Waals surface area (Å²) in [6.07, 6.45) is 0. The van der Waals surface area contributed by atoms with Crippen molar-refractivity contribution in [3.63, 3.8) is 0 Å². The molecule has 0 bridgehead atoms. The van der Waals surface area contributed by atoms with Gasteiger partial charge in [-0.15, -0.1) is 6.07 Å². The number of nitro groups is 1. The second-order valence-electron chi connectivity index (χ2n) is 1.99. The molecule has 0 aliphatic heterocycles. The smallest absolute Gasteiger partial charge is 0.163 e. The van der Waals surface area contributed by atoms with E-state index in [0.717, 1.165) is 5.56 Å². The van der Waals surface area contributed by atoms with Crippen molar-refractivity contribution in [1.82, 2.24) is 0 Å². The first-order chi connectivity index (χ1) is 4.70. The fourth-order valence-corrected chi connectivity index (χ4v) is 0.608. The Kier molecular flexibility index (Phi) is 3.76. The van der Waals surface area contributed by atoms with Gasteiger partial charge in [-0.25, -0.2) is 0 Å². The molecular formula is C7H6NNiO2-. The van der Waals surface area contributed by atoms with Crippen LogP contribution in [0.25, 0.3) is 0 Å². The van der Waals surface area contributed by atoms with Crippen LogP contribution < -0.4 is 0 Å². The molecule has 1 aromatic rings. The van der Waals surface area contributed by atoms with Crippen molar-refractivity contribution in [3.05, 3.63) is 39.9 Å². The molecule has 0 amide bonds. The molecule has 0 heterocycles. The fourth-order valence-electron chi connectivity index (χ4n) is 0.608. The number of non-ortho nitro benzene ring substituents is 1. The standard InChI is InChI=1S/C7H6NO2.Ni/c1-6-2-4-7(5-3-6)8(9)10;/h2,4-5H,1H3;/q-1;. The van der Waals surface area contributed by atoms with Crippen LogP contribution in [0.2, 0.25) is 0 Å². The summed E-state index contributed by atoms with van der Waals surface area (Å²) in [7, 11) is 0. The van der Waals surface area contributed by atoms with Gasteiger partial charge >= 0.3 is 0 Å². The van der Waals surface area contributed by atoms with E-state index in [1.165, 1.54) is 12.1 Å². The van der Waals surface area contributed by atoms with Gasteiger partial charge in [0, 0.05) is 21.4 Å². The zero-order valence-corrected chi connectivity index (χ0v) is 6.80. The summed E-state index contributed by atoms with van der Waals surface area (Å²) in [6, 6.07) is 7.24. The summed E-state index contributed by atoms with van der Waals surface area (Å²) in [5.41, 5.74) is 0.996. The third-order valence-electron chi connectivity index (χ3n) is 1.16. The number of nitrogens with zero attached hydrogens (tertiary/aromatic N) is 1. The normalized spacial score (nSPS) is 8.45. The molecule has 1 aromatic carbocycles. The van der Waals surface area contributed by atoms with Crippen molar-refractivity contribution in [2.45, 2.75) is 6.92 Å². The van der Waals surface area contributed by atoms with Crippen LogP contribution in [0.4, 0.5) is 5.69 Å². The van der Waals surface area contributed by atoms with Crippen LogP contribution in [0.5, 0.6) is 0 Å². The van der Waals surface area contributed by atoms with E-state index in [-0.39, 0.29) is 22.2 Å². The molecule has 0 aliphatic rings. The fraction of sp³-hybridized carbons (Fsp3) is 0.143. The predicted molar refractivity (Wildman–Crippen MR) is 36.7 cm³/mol. The van der Waals surface area contributed by atoms with Crippen molar-refractivity contribution in [3.8, 4) is 0 Å². The van der Waals surface area contributed by atoms with Gasteiger partial charge in [0.25, 0.3) is 0 Å². The maximum Gasteiger partial charge on any atom is 0.163 e. The first-order valence-electron chi connectivity index (χ1n) is 2.83. The van der Waals surface area contributed by atoms with Gasteiger partial charge in [0.15, 0.2) is 5.69 Å². The monoisotopic (exact) mass is 194 g/mol. The number of rotatable bonds is 1. The molecule has 0 saturated carbocycles. The molecule has 0 radical (unpaired) electrons. The van der Waals surface area contributed by atoms with Crippen LogP contribution in [-0.2, 0) is 16.5 Å². The zero-order valence-electron chi connectivity index (χ0n) is 5.81. The first kappa shape index (κ1) is 10.1. The quantitative estimate of drug-likeness (QED) is 0.296. The van der Waals surface area contributed by atoms with Gasteiger partial charge in [-0.05, 0) is 0 Å². The van der Waals surface area contributed by atoms with Gasteiger partial charge in [0.1, 0.15) is 0 Å². The molecule has 0 spiro atoms. The second-order valence-corrected chi connectivity index (χ2v) is 1.99. The Balaban J connectivity index is 0.000001000.